The van der Waals surface area contributed by atoms with Gasteiger partial charge in [-0.15, -0.1) is 0 Å². The molecule has 10 saturated heterocycles. The number of halogens is 2. The van der Waals surface area contributed by atoms with E-state index in [0.29, 0.717) is 65.0 Å². The molecule has 11 aliphatic rings. The van der Waals surface area contributed by atoms with Crippen LogP contribution in [0.5, 0.6) is 0 Å². The molecule has 0 unspecified atom stereocenters. The monoisotopic (exact) mass is 2010 g/mol. The second-order valence-corrected chi connectivity index (χ2v) is 59.6. The van der Waals surface area contributed by atoms with E-state index in [2.05, 4.69) is 326 Å². The third-order valence-corrected chi connectivity index (χ3v) is 38.5. The van der Waals surface area contributed by atoms with Crippen molar-refractivity contribution in [1.29, 1.82) is 0 Å². The van der Waals surface area contributed by atoms with E-state index in [-0.39, 0.29) is 17.4 Å². The average molecular weight is 2010 g/mol. The zero-order valence-electron chi connectivity index (χ0n) is 105. The summed E-state index contributed by atoms with van der Waals surface area (Å²) < 4.78 is 41.1. The highest BCUT2D eigenvalue weighted by Crippen LogP contribution is 2.51. The van der Waals surface area contributed by atoms with Crippen LogP contribution in [-0.2, 0) is 14.2 Å². The fourth-order valence-corrected chi connectivity index (χ4v) is 23.6. The average Bonchev–Trinajstić information content (AvgIpc) is 1.29. The van der Waals surface area contributed by atoms with Gasteiger partial charge in [0.05, 0.1) is 19.8 Å². The van der Waals surface area contributed by atoms with Crippen molar-refractivity contribution in [2.75, 3.05) is 252 Å². The molecule has 0 N–H and O–H groups in total. The molecule has 11 fully saturated rings. The summed E-state index contributed by atoms with van der Waals surface area (Å²) in [7, 11) is 9.65. The van der Waals surface area contributed by atoms with Crippen LogP contribution in [0.2, 0.25) is 0 Å². The van der Waals surface area contributed by atoms with Gasteiger partial charge in [-0.1, -0.05) is 263 Å². The van der Waals surface area contributed by atoms with E-state index < -0.39 is 5.92 Å². The summed E-state index contributed by atoms with van der Waals surface area (Å²) >= 11 is 0. The Kier molecular flexibility index (Phi) is 61.9. The molecule has 1 saturated carbocycles. The lowest BCUT2D eigenvalue weighted by atomic mass is 9.63. The molecule has 0 atom stereocenters. The number of hydrogen-bond acceptors (Lipinski definition) is 14. The summed E-state index contributed by atoms with van der Waals surface area (Å²) in [5, 5.41) is 0. The van der Waals surface area contributed by atoms with E-state index in [9.17, 15) is 8.78 Å². The van der Waals surface area contributed by atoms with E-state index in [1.165, 1.54) is 324 Å². The van der Waals surface area contributed by atoms with Crippen LogP contribution in [0.25, 0.3) is 0 Å². The first-order valence-electron chi connectivity index (χ1n) is 60.1. The predicted octanol–water partition coefficient (Wildman–Crippen LogP) is 30.4. The van der Waals surface area contributed by atoms with Gasteiger partial charge in [0.2, 0.25) is 0 Å². The maximum atomic E-state index is 12.9. The molecule has 0 aromatic carbocycles. The van der Waals surface area contributed by atoms with Crippen molar-refractivity contribution in [3.05, 3.63) is 0 Å². The summed E-state index contributed by atoms with van der Waals surface area (Å²) in [6.45, 7) is 129. The molecule has 0 amide bonds. The first-order chi connectivity index (χ1) is 65.3. The fraction of sp³-hybridized carbons (Fsp3) is 1.00. The van der Waals surface area contributed by atoms with Crippen molar-refractivity contribution >= 4 is 0 Å². The van der Waals surface area contributed by atoms with Crippen LogP contribution < -0.4 is 0 Å². The van der Waals surface area contributed by atoms with Gasteiger partial charge in [0.15, 0.2) is 0 Å². The van der Waals surface area contributed by atoms with Crippen LogP contribution in [0, 0.1) is 111 Å². The summed E-state index contributed by atoms with van der Waals surface area (Å²) in [5.74, 6) is 3.06. The summed E-state index contributed by atoms with van der Waals surface area (Å²) in [4.78, 5) is 27.6. The second kappa shape index (κ2) is 64.0. The van der Waals surface area contributed by atoms with Crippen molar-refractivity contribution in [3.8, 4) is 0 Å². The first-order valence-corrected chi connectivity index (χ1v) is 60.1. The van der Waals surface area contributed by atoms with Gasteiger partial charge < -0.3 is 63.2 Å². The Hall–Kier alpha value is -0.700. The highest BCUT2D eigenvalue weighted by Gasteiger charge is 2.46. The van der Waals surface area contributed by atoms with E-state index in [1.807, 2.05) is 4.90 Å². The molecule has 0 bridgehead atoms. The Morgan fingerprint density at radius 1 is 0.246 bits per heavy atom. The fourth-order valence-electron chi connectivity index (χ4n) is 23.6. The van der Waals surface area contributed by atoms with Gasteiger partial charge in [0, 0.05) is 73.6 Å². The topological polar surface area (TPSA) is 63.3 Å². The van der Waals surface area contributed by atoms with Crippen LogP contribution in [0.15, 0.2) is 0 Å². The van der Waals surface area contributed by atoms with Crippen molar-refractivity contribution in [2.45, 2.75) is 455 Å². The highest BCUT2D eigenvalue weighted by atomic mass is 19.3. The highest BCUT2D eigenvalue weighted by molar-refractivity contribution is 4.97. The van der Waals surface area contributed by atoms with Gasteiger partial charge in [0.25, 0.3) is 5.92 Å². The Morgan fingerprint density at radius 3 is 0.627 bits per heavy atom. The largest absolute Gasteiger partial charge is 0.385 e. The van der Waals surface area contributed by atoms with Gasteiger partial charge in [-0.25, -0.2) is 8.78 Å². The molecule has 0 radical (unpaired) electrons. The molecule has 14 nitrogen and oxygen atoms in total. The maximum Gasteiger partial charge on any atom is 0.257 e. The van der Waals surface area contributed by atoms with Crippen LogP contribution in [-0.4, -0.2) is 317 Å². The van der Waals surface area contributed by atoms with Crippen LogP contribution in [0.1, 0.15) is 443 Å². The Morgan fingerprint density at radius 2 is 0.437 bits per heavy atom. The number of rotatable bonds is 24. The van der Waals surface area contributed by atoms with Gasteiger partial charge in [-0.2, -0.15) is 0 Å². The van der Waals surface area contributed by atoms with Gasteiger partial charge in [-0.3, -0.25) is 4.90 Å². The molecule has 10 heterocycles. The summed E-state index contributed by atoms with van der Waals surface area (Å²) in [6.07, 6.45) is 36.2. The molecule has 850 valence electrons. The van der Waals surface area contributed by atoms with Crippen molar-refractivity contribution in [3.63, 3.8) is 0 Å². The molecule has 1 aliphatic carbocycles. The Balaban J connectivity index is 0.000000534. The molecule has 10 aliphatic heterocycles. The zero-order valence-corrected chi connectivity index (χ0v) is 105. The quantitative estimate of drug-likeness (QED) is 0.0862. The minimum Gasteiger partial charge on any atom is -0.385 e. The number of ether oxygens (including phenoxy) is 3. The number of nitrogens with zero attached hydrogens (tertiary/aromatic N) is 11. The molecular formula is C126H259F2N11O3. The van der Waals surface area contributed by atoms with Gasteiger partial charge in [-0.05, 0) is 456 Å². The number of methoxy groups -OCH3 is 3. The molecule has 16 heteroatoms. The normalized spacial score (nSPS) is 22.9. The number of likely N-dealkylation sites (tertiary alicyclic amines) is 10. The third-order valence-electron chi connectivity index (χ3n) is 38.5. The SMILES string of the molecule is CC(C)(C)C1CCN(C2CC2)CC1.CC(F)(F)CN1CCC(C)(C(C)(C)C)CC1.CCCN1CCC(C(C)(C)C)CC1.CCCN1CCC(C(C)(C)C)CC1.CCCN1CCC(C(C)(C)C)CC1.CCCN1CCC(C)(C(C)(C)C)CC1.CN(C)CCN1CCC(C(C)(C)C)CC1.COCCCN1CCC(C)(C(C)(C)C)CC1.COCCN1CCC(C(C)(C)C)CC1.COCCN1CCC(C)(C(C)(C)C)CC1. The van der Waals surface area contributed by atoms with Crippen molar-refractivity contribution in [1.82, 2.24) is 53.9 Å². The smallest absolute Gasteiger partial charge is 0.257 e. The minimum atomic E-state index is -2.56. The minimum absolute atomic E-state index is 0.0901. The Bertz CT molecular complexity index is 2990. The molecule has 0 aromatic rings. The molecule has 0 aromatic heterocycles. The molecule has 11 rings (SSSR count). The predicted molar refractivity (Wildman–Crippen MR) is 623 cm³/mol. The van der Waals surface area contributed by atoms with E-state index in [0.717, 1.165) is 107 Å². The lowest BCUT2D eigenvalue weighted by Crippen LogP contribution is -2.47. The van der Waals surface area contributed by atoms with E-state index in [1.54, 1.807) is 21.3 Å². The maximum absolute atomic E-state index is 12.9. The first kappa shape index (κ1) is 137. The van der Waals surface area contributed by atoms with E-state index >= 15 is 0 Å². The zero-order chi connectivity index (χ0) is 108. The standard InChI is InChI=1S/C14H29NO.C13H25F2N.C13H28N2.C13H27NO.C13H27N.C12H25NO.C12H23N.3C12H25N/c1-13(2,3)14(4)7-10-15(11-8-14)9-6-12-16-5;1-11(2,3)12(4)6-8-16(9-7-12)10-13(5,14)15;1-13(2,3)12-6-8-15(9-7-12)11-10-14(4)5;1-12(2,3)13(4)6-8-14(9-7-13)10-11-15-5;1-6-9-14-10-7-13(5,8-11-14)12(2,3)4;1-12(2,3)11-5-7-13(8-6-11)9-10-14-4;1-12(2,3)10-6-8-13(9-7-10)11-4-5-11;3*1-5-8-13-9-6-11(7-10-13)12(2,3)4/h6-12H2,1-5H3;6-10H2,1-5H3;12H,6-11H2,1-5H3;6-11H2,1-5H3;6-11H2,1-5H3;11H,5-10H2,1-4H3;10-11H,4-9H2,1-3H3;3*11H,5-10H2,1-4H3. The van der Waals surface area contributed by atoms with Crippen LogP contribution >= 0.6 is 0 Å². The lowest BCUT2D eigenvalue weighted by molar-refractivity contribution is -0.0443. The van der Waals surface area contributed by atoms with Gasteiger partial charge >= 0.3 is 0 Å². The van der Waals surface area contributed by atoms with Crippen molar-refractivity contribution < 1.29 is 23.0 Å². The van der Waals surface area contributed by atoms with Gasteiger partial charge in [0.1, 0.15) is 0 Å². The number of likely N-dealkylation sites (N-methyl/N-ethyl adjacent to an activating group) is 1. The van der Waals surface area contributed by atoms with Crippen molar-refractivity contribution in [2.24, 2.45) is 111 Å². The summed E-state index contributed by atoms with van der Waals surface area (Å²) in [6, 6.07) is 0.987. The number of alkyl halides is 2. The van der Waals surface area contributed by atoms with Crippen LogP contribution in [0.4, 0.5) is 8.78 Å². The summed E-state index contributed by atoms with van der Waals surface area (Å²) in [5.41, 5.74) is 6.57. The molecule has 142 heavy (non-hydrogen) atoms. The lowest BCUT2D eigenvalue weighted by Gasteiger charge is -2.48. The molecular weight excluding hydrogens is 1750 g/mol. The molecule has 0 spiro atoms. The van der Waals surface area contributed by atoms with E-state index in [4.69, 9.17) is 14.2 Å². The van der Waals surface area contributed by atoms with Crippen LogP contribution in [0.3, 0.4) is 0 Å². The Labute approximate surface area is 889 Å². The third kappa shape index (κ3) is 54.4. The second-order valence-electron chi connectivity index (χ2n) is 59.6. The number of hydrogen-bond donors (Lipinski definition) is 0. The number of piperidine rings is 10.